The van der Waals surface area contributed by atoms with E-state index in [0.29, 0.717) is 22.4 Å². The van der Waals surface area contributed by atoms with Gasteiger partial charge in [0, 0.05) is 22.1 Å². The number of aryl methyl sites for hydroxylation is 2. The lowest BCUT2D eigenvalue weighted by molar-refractivity contribution is 0.102. The summed E-state index contributed by atoms with van der Waals surface area (Å²) in [6.07, 6.45) is 0.834. The molecule has 2 aromatic carbocycles. The average molecular weight is 367 g/mol. The normalized spacial score (nSPS) is 10.4. The molecular formula is C20H19ClN4O. The Morgan fingerprint density at radius 3 is 2.65 bits per heavy atom. The van der Waals surface area contributed by atoms with Crippen LogP contribution in [0.15, 0.2) is 54.6 Å². The van der Waals surface area contributed by atoms with Crippen LogP contribution in [0.5, 0.6) is 0 Å². The van der Waals surface area contributed by atoms with Crippen LogP contribution in [0, 0.1) is 6.92 Å². The second-order valence-corrected chi connectivity index (χ2v) is 6.25. The van der Waals surface area contributed by atoms with Crippen LogP contribution >= 0.6 is 11.6 Å². The van der Waals surface area contributed by atoms with E-state index >= 15 is 0 Å². The van der Waals surface area contributed by atoms with Gasteiger partial charge >= 0.3 is 0 Å². The van der Waals surface area contributed by atoms with Crippen molar-refractivity contribution in [1.82, 2.24) is 9.97 Å². The van der Waals surface area contributed by atoms with Crippen LogP contribution in [0.3, 0.4) is 0 Å². The molecule has 0 aliphatic rings. The molecule has 0 unspecified atom stereocenters. The lowest BCUT2D eigenvalue weighted by atomic mass is 10.1. The van der Waals surface area contributed by atoms with Gasteiger partial charge in [-0.15, -0.1) is 0 Å². The van der Waals surface area contributed by atoms with Crippen molar-refractivity contribution in [3.8, 4) is 0 Å². The van der Waals surface area contributed by atoms with Crippen molar-refractivity contribution in [1.29, 1.82) is 0 Å². The number of hydrogen-bond donors (Lipinski definition) is 2. The molecular weight excluding hydrogens is 348 g/mol. The van der Waals surface area contributed by atoms with E-state index in [2.05, 4.69) is 20.6 Å². The number of benzene rings is 2. The highest BCUT2D eigenvalue weighted by Crippen LogP contribution is 2.20. The van der Waals surface area contributed by atoms with Gasteiger partial charge in [0.25, 0.3) is 5.91 Å². The molecule has 3 rings (SSSR count). The zero-order valence-corrected chi connectivity index (χ0v) is 15.3. The molecule has 0 spiro atoms. The topological polar surface area (TPSA) is 66.9 Å². The standard InChI is InChI=1S/C20H19ClN4O/c1-3-14-7-4-5-10-17(14)24-19(26)18-11-13(2)22-20(25-18)23-16-9-6-8-15(21)12-16/h4-12H,3H2,1-2H3,(H,24,26)(H,22,23,25). The molecule has 132 valence electrons. The molecule has 0 atom stereocenters. The number of nitrogens with one attached hydrogen (secondary N) is 2. The molecule has 2 N–H and O–H groups in total. The van der Waals surface area contributed by atoms with Gasteiger partial charge in [-0.2, -0.15) is 0 Å². The molecule has 0 aliphatic carbocycles. The second kappa shape index (κ2) is 7.97. The van der Waals surface area contributed by atoms with Crippen molar-refractivity contribution < 1.29 is 4.79 Å². The Labute approximate surface area is 157 Å². The van der Waals surface area contributed by atoms with E-state index in [4.69, 9.17) is 11.6 Å². The summed E-state index contributed by atoms with van der Waals surface area (Å²) in [5.74, 6) is 0.0757. The number of halogens is 1. The molecule has 0 aliphatic heterocycles. The smallest absolute Gasteiger partial charge is 0.274 e. The van der Waals surface area contributed by atoms with Crippen LogP contribution in [-0.2, 0) is 6.42 Å². The first-order valence-corrected chi connectivity index (χ1v) is 8.70. The number of carbonyl (C=O) groups is 1. The summed E-state index contributed by atoms with van der Waals surface area (Å²) >= 11 is 6.00. The Hall–Kier alpha value is -2.92. The first-order chi connectivity index (χ1) is 12.5. The molecule has 3 aromatic rings. The molecule has 1 heterocycles. The number of nitrogens with zero attached hydrogens (tertiary/aromatic N) is 2. The molecule has 1 amide bonds. The van der Waals surface area contributed by atoms with E-state index in [9.17, 15) is 4.79 Å². The van der Waals surface area contributed by atoms with Gasteiger partial charge in [0.15, 0.2) is 0 Å². The zero-order valence-electron chi connectivity index (χ0n) is 14.6. The van der Waals surface area contributed by atoms with E-state index in [0.717, 1.165) is 23.4 Å². The van der Waals surface area contributed by atoms with Gasteiger partial charge in [-0.1, -0.05) is 42.8 Å². The fourth-order valence-electron chi connectivity index (χ4n) is 2.57. The Bertz CT molecular complexity index is 943. The molecule has 5 nitrogen and oxygen atoms in total. The van der Waals surface area contributed by atoms with Gasteiger partial charge < -0.3 is 10.6 Å². The monoisotopic (exact) mass is 366 g/mol. The van der Waals surface area contributed by atoms with Gasteiger partial charge in [0.2, 0.25) is 5.95 Å². The van der Waals surface area contributed by atoms with Crippen molar-refractivity contribution >= 4 is 34.8 Å². The predicted octanol–water partition coefficient (Wildman–Crippen LogP) is 5.00. The number of para-hydroxylation sites is 1. The quantitative estimate of drug-likeness (QED) is 0.667. The molecule has 0 radical (unpaired) electrons. The molecule has 0 saturated carbocycles. The van der Waals surface area contributed by atoms with Crippen LogP contribution in [-0.4, -0.2) is 15.9 Å². The largest absolute Gasteiger partial charge is 0.324 e. The summed E-state index contributed by atoms with van der Waals surface area (Å²) in [4.78, 5) is 21.3. The highest BCUT2D eigenvalue weighted by atomic mass is 35.5. The number of amides is 1. The van der Waals surface area contributed by atoms with E-state index in [1.54, 1.807) is 18.2 Å². The third kappa shape index (κ3) is 4.37. The Balaban J connectivity index is 1.83. The highest BCUT2D eigenvalue weighted by molar-refractivity contribution is 6.30. The van der Waals surface area contributed by atoms with E-state index < -0.39 is 0 Å². The molecule has 0 fully saturated rings. The van der Waals surface area contributed by atoms with Crippen molar-refractivity contribution in [3.05, 3.63) is 76.6 Å². The minimum Gasteiger partial charge on any atom is -0.324 e. The molecule has 0 saturated heterocycles. The molecule has 1 aromatic heterocycles. The predicted molar refractivity (Wildman–Crippen MR) is 105 cm³/mol. The van der Waals surface area contributed by atoms with Crippen molar-refractivity contribution in [2.24, 2.45) is 0 Å². The van der Waals surface area contributed by atoms with Gasteiger partial charge in [-0.25, -0.2) is 9.97 Å². The molecule has 26 heavy (non-hydrogen) atoms. The summed E-state index contributed by atoms with van der Waals surface area (Å²) in [5, 5.41) is 6.62. The lowest BCUT2D eigenvalue weighted by Gasteiger charge is -2.11. The second-order valence-electron chi connectivity index (χ2n) is 5.82. The van der Waals surface area contributed by atoms with Gasteiger partial charge in [0.05, 0.1) is 0 Å². The SMILES string of the molecule is CCc1ccccc1NC(=O)c1cc(C)nc(Nc2cccc(Cl)c2)n1. The van der Waals surface area contributed by atoms with E-state index in [-0.39, 0.29) is 5.91 Å². The maximum atomic E-state index is 12.6. The highest BCUT2D eigenvalue weighted by Gasteiger charge is 2.12. The molecule has 0 bridgehead atoms. The Morgan fingerprint density at radius 2 is 1.88 bits per heavy atom. The number of anilines is 3. The maximum absolute atomic E-state index is 12.6. The number of hydrogen-bond acceptors (Lipinski definition) is 4. The summed E-state index contributed by atoms with van der Waals surface area (Å²) in [5.41, 5.74) is 3.61. The summed E-state index contributed by atoms with van der Waals surface area (Å²) in [6, 6.07) is 16.6. The Morgan fingerprint density at radius 1 is 1.08 bits per heavy atom. The van der Waals surface area contributed by atoms with Crippen molar-refractivity contribution in [3.63, 3.8) is 0 Å². The summed E-state index contributed by atoms with van der Waals surface area (Å²) in [7, 11) is 0. The van der Waals surface area contributed by atoms with Gasteiger partial charge in [-0.3, -0.25) is 4.79 Å². The minimum absolute atomic E-state index is 0.273. The first kappa shape index (κ1) is 17.9. The Kier molecular flexibility index (Phi) is 5.49. The fraction of sp³-hybridized carbons (Fsp3) is 0.150. The van der Waals surface area contributed by atoms with E-state index in [1.165, 1.54) is 0 Å². The van der Waals surface area contributed by atoms with Gasteiger partial charge in [-0.05, 0) is 49.2 Å². The average Bonchev–Trinajstić information content (AvgIpc) is 2.61. The van der Waals surface area contributed by atoms with Crippen molar-refractivity contribution in [2.45, 2.75) is 20.3 Å². The van der Waals surface area contributed by atoms with Crippen LogP contribution < -0.4 is 10.6 Å². The zero-order chi connectivity index (χ0) is 18.5. The fourth-order valence-corrected chi connectivity index (χ4v) is 2.76. The number of aromatic nitrogens is 2. The lowest BCUT2D eigenvalue weighted by Crippen LogP contribution is -2.16. The minimum atomic E-state index is -0.273. The third-order valence-corrected chi connectivity index (χ3v) is 4.05. The third-order valence-electron chi connectivity index (χ3n) is 3.81. The number of carbonyl (C=O) groups excluding carboxylic acids is 1. The molecule has 6 heteroatoms. The van der Waals surface area contributed by atoms with Crippen LogP contribution in [0.25, 0.3) is 0 Å². The maximum Gasteiger partial charge on any atom is 0.274 e. The first-order valence-electron chi connectivity index (χ1n) is 8.32. The van der Waals surface area contributed by atoms with Crippen LogP contribution in [0.1, 0.15) is 28.7 Å². The van der Waals surface area contributed by atoms with Gasteiger partial charge in [0.1, 0.15) is 5.69 Å². The van der Waals surface area contributed by atoms with E-state index in [1.807, 2.05) is 50.2 Å². The van der Waals surface area contributed by atoms with Crippen molar-refractivity contribution in [2.75, 3.05) is 10.6 Å². The number of rotatable bonds is 5. The van der Waals surface area contributed by atoms with Crippen LogP contribution in [0.4, 0.5) is 17.3 Å². The summed E-state index contributed by atoms with van der Waals surface area (Å²) in [6.45, 7) is 3.87. The van der Waals surface area contributed by atoms with Crippen LogP contribution in [0.2, 0.25) is 5.02 Å². The summed E-state index contributed by atoms with van der Waals surface area (Å²) < 4.78 is 0.